The molecule has 0 N–H and O–H groups in total. The molecule has 1 fully saturated rings. The first-order chi connectivity index (χ1) is 15.4. The van der Waals surface area contributed by atoms with Crippen LogP contribution in [0.3, 0.4) is 0 Å². The van der Waals surface area contributed by atoms with Crippen molar-refractivity contribution >= 4 is 11.1 Å². The Kier molecular flexibility index (Phi) is 9.23. The molecule has 0 bridgehead atoms. The average molecular weight is 453 g/mol. The Bertz CT molecular complexity index is 974. The predicted octanol–water partition coefficient (Wildman–Crippen LogP) is 10.0. The molecule has 33 heavy (non-hydrogen) atoms. The third-order valence-electron chi connectivity index (χ3n) is 7.29. The molecule has 2 rings (SSSR count). The molecule has 0 radical (unpaired) electrons. The number of hydrogen-bond donors (Lipinski definition) is 0. The van der Waals surface area contributed by atoms with Gasteiger partial charge in [0.15, 0.2) is 0 Å². The Labute approximate surface area is 200 Å². The van der Waals surface area contributed by atoms with Gasteiger partial charge in [-0.05, 0) is 105 Å². The van der Waals surface area contributed by atoms with E-state index in [0.29, 0.717) is 19.3 Å². The fourth-order valence-corrected chi connectivity index (χ4v) is 4.99. The van der Waals surface area contributed by atoms with Gasteiger partial charge in [-0.15, -0.1) is 0 Å². The summed E-state index contributed by atoms with van der Waals surface area (Å²) in [4.78, 5) is 0. The summed E-state index contributed by atoms with van der Waals surface area (Å²) >= 11 is 0. The average Bonchev–Trinajstić information content (AvgIpc) is 2.76. The molecule has 0 nitrogen and oxygen atoms in total. The van der Waals surface area contributed by atoms with Gasteiger partial charge < -0.3 is 0 Å². The molecule has 1 aliphatic rings. The van der Waals surface area contributed by atoms with E-state index in [4.69, 9.17) is 0 Å². The minimum atomic E-state index is -2.51. The third-order valence-corrected chi connectivity index (χ3v) is 7.29. The van der Waals surface area contributed by atoms with Crippen molar-refractivity contribution in [1.82, 2.24) is 0 Å². The summed E-state index contributed by atoms with van der Waals surface area (Å²) in [7, 11) is 0. The first-order valence-electron chi connectivity index (χ1n) is 12.3. The molecule has 0 spiro atoms. The molecule has 1 aliphatic carbocycles. The maximum atomic E-state index is 13.7. The van der Waals surface area contributed by atoms with Crippen LogP contribution in [0.4, 0.5) is 8.78 Å². The predicted molar refractivity (Wildman–Crippen MR) is 142 cm³/mol. The van der Waals surface area contributed by atoms with Gasteiger partial charge in [-0.3, -0.25) is 0 Å². The molecule has 1 aromatic carbocycles. The van der Waals surface area contributed by atoms with Crippen LogP contribution in [-0.2, 0) is 6.42 Å². The second-order valence-electron chi connectivity index (χ2n) is 9.80. The number of rotatable bonds is 9. The van der Waals surface area contributed by atoms with Gasteiger partial charge in [-0.1, -0.05) is 68.5 Å². The van der Waals surface area contributed by atoms with Crippen molar-refractivity contribution in [2.24, 2.45) is 5.92 Å². The summed E-state index contributed by atoms with van der Waals surface area (Å²) in [5.41, 5.74) is 12.1. The monoisotopic (exact) mass is 452 g/mol. The molecule has 2 heteroatoms. The van der Waals surface area contributed by atoms with Crippen molar-refractivity contribution in [3.63, 3.8) is 0 Å². The lowest BCUT2D eigenvalue weighted by atomic mass is 9.78. The standard InChI is InChI=1S/C31H42F2/c1-10-21(6)27(17-23(8)26-13-15-31(32,33)16-14-26)28-19-25(12-3)29(18-24(28)9)30(20(4)5)22(7)11-2/h10,18-19,26H,1,4,8,11-17H2,2-3,5-7,9H3/b27-21-,30-22+. The molecule has 0 aliphatic heterocycles. The second-order valence-corrected chi connectivity index (χ2v) is 9.80. The fourth-order valence-electron chi connectivity index (χ4n) is 4.99. The first-order valence-corrected chi connectivity index (χ1v) is 12.3. The van der Waals surface area contributed by atoms with Crippen LogP contribution in [0.1, 0.15) is 95.4 Å². The van der Waals surface area contributed by atoms with Gasteiger partial charge in [0.1, 0.15) is 0 Å². The minimum absolute atomic E-state index is 0.0311. The van der Waals surface area contributed by atoms with Crippen LogP contribution in [0.5, 0.6) is 0 Å². The van der Waals surface area contributed by atoms with Gasteiger partial charge in [0.2, 0.25) is 5.92 Å². The molecule has 180 valence electrons. The number of alkyl halides is 2. The second kappa shape index (κ2) is 11.3. The molecule has 1 aromatic rings. The highest BCUT2D eigenvalue weighted by atomic mass is 19.3. The first kappa shape index (κ1) is 27.0. The number of benzene rings is 1. The summed E-state index contributed by atoms with van der Waals surface area (Å²) < 4.78 is 27.3. The van der Waals surface area contributed by atoms with Gasteiger partial charge in [0, 0.05) is 12.8 Å². The molecule has 0 amide bonds. The Morgan fingerprint density at radius 3 is 2.15 bits per heavy atom. The summed E-state index contributed by atoms with van der Waals surface area (Å²) in [6.45, 7) is 25.5. The summed E-state index contributed by atoms with van der Waals surface area (Å²) in [5.74, 6) is -2.35. The summed E-state index contributed by atoms with van der Waals surface area (Å²) in [6, 6.07) is 4.62. The normalized spacial score (nSPS) is 17.8. The maximum absolute atomic E-state index is 13.7. The molecule has 0 saturated heterocycles. The Morgan fingerprint density at radius 2 is 1.67 bits per heavy atom. The molecular weight excluding hydrogens is 410 g/mol. The molecular formula is C31H42F2. The Hall–Kier alpha value is -2.22. The van der Waals surface area contributed by atoms with Gasteiger partial charge >= 0.3 is 0 Å². The van der Waals surface area contributed by atoms with E-state index in [0.717, 1.165) is 29.6 Å². The van der Waals surface area contributed by atoms with Crippen molar-refractivity contribution in [2.45, 2.75) is 92.4 Å². The van der Waals surface area contributed by atoms with Gasteiger partial charge in [0.25, 0.3) is 0 Å². The SMILES string of the molecule is C=C/C(C)=C(/CC(=C)C1CCC(F)(F)CC1)c1cc(CC)c(/C(C(=C)C)=C(\C)CC)cc1C. The van der Waals surface area contributed by atoms with E-state index in [1.54, 1.807) is 0 Å². The molecule has 0 aromatic heterocycles. The number of halogens is 2. The van der Waals surface area contributed by atoms with Crippen molar-refractivity contribution in [3.8, 4) is 0 Å². The van der Waals surface area contributed by atoms with E-state index < -0.39 is 5.92 Å². The van der Waals surface area contributed by atoms with Crippen LogP contribution in [-0.4, -0.2) is 5.92 Å². The van der Waals surface area contributed by atoms with E-state index in [9.17, 15) is 8.78 Å². The van der Waals surface area contributed by atoms with Crippen LogP contribution in [0, 0.1) is 12.8 Å². The van der Waals surface area contributed by atoms with Crippen molar-refractivity contribution < 1.29 is 8.78 Å². The molecule has 1 saturated carbocycles. The van der Waals surface area contributed by atoms with Gasteiger partial charge in [-0.25, -0.2) is 8.78 Å². The lowest BCUT2D eigenvalue weighted by Crippen LogP contribution is -2.25. The summed E-state index contributed by atoms with van der Waals surface area (Å²) in [5, 5.41) is 0. The van der Waals surface area contributed by atoms with Crippen molar-refractivity contribution in [2.75, 3.05) is 0 Å². The minimum Gasteiger partial charge on any atom is -0.207 e. The van der Waals surface area contributed by atoms with Crippen LogP contribution < -0.4 is 0 Å². The van der Waals surface area contributed by atoms with Crippen LogP contribution >= 0.6 is 0 Å². The maximum Gasteiger partial charge on any atom is 0.248 e. The van der Waals surface area contributed by atoms with E-state index in [1.807, 2.05) is 6.08 Å². The fraction of sp³-hybridized carbons (Fsp3) is 0.484. The number of hydrogen-bond acceptors (Lipinski definition) is 0. The highest BCUT2D eigenvalue weighted by Crippen LogP contribution is 2.42. The van der Waals surface area contributed by atoms with Crippen molar-refractivity contribution in [3.05, 3.63) is 82.5 Å². The molecule has 0 heterocycles. The number of aryl methyl sites for hydroxylation is 2. The van der Waals surface area contributed by atoms with E-state index in [-0.39, 0.29) is 18.8 Å². The highest BCUT2D eigenvalue weighted by molar-refractivity contribution is 5.84. The highest BCUT2D eigenvalue weighted by Gasteiger charge is 2.35. The van der Waals surface area contributed by atoms with E-state index in [2.05, 4.69) is 73.4 Å². The quantitative estimate of drug-likeness (QED) is 0.258. The smallest absolute Gasteiger partial charge is 0.207 e. The third kappa shape index (κ3) is 6.43. The Balaban J connectivity index is 2.51. The topological polar surface area (TPSA) is 0 Å². The zero-order valence-corrected chi connectivity index (χ0v) is 21.6. The number of allylic oxidation sites excluding steroid dienone is 7. The van der Waals surface area contributed by atoms with Gasteiger partial charge in [0.05, 0.1) is 0 Å². The zero-order valence-electron chi connectivity index (χ0n) is 21.6. The van der Waals surface area contributed by atoms with Crippen LogP contribution in [0.15, 0.2) is 60.2 Å². The zero-order chi connectivity index (χ0) is 24.9. The van der Waals surface area contributed by atoms with Crippen molar-refractivity contribution in [1.29, 1.82) is 0 Å². The van der Waals surface area contributed by atoms with E-state index in [1.165, 1.54) is 39.0 Å². The Morgan fingerprint density at radius 1 is 1.06 bits per heavy atom. The summed E-state index contributed by atoms with van der Waals surface area (Å²) in [6.07, 6.45) is 5.50. The van der Waals surface area contributed by atoms with Gasteiger partial charge in [-0.2, -0.15) is 0 Å². The lowest BCUT2D eigenvalue weighted by Gasteiger charge is -2.30. The van der Waals surface area contributed by atoms with Crippen LogP contribution in [0.2, 0.25) is 0 Å². The van der Waals surface area contributed by atoms with Crippen LogP contribution in [0.25, 0.3) is 11.1 Å². The lowest BCUT2D eigenvalue weighted by molar-refractivity contribution is -0.0421. The largest absolute Gasteiger partial charge is 0.248 e. The molecule has 0 unspecified atom stereocenters. The molecule has 0 atom stereocenters. The van der Waals surface area contributed by atoms with E-state index >= 15 is 0 Å².